The van der Waals surface area contributed by atoms with Crippen LogP contribution in [-0.2, 0) is 16.0 Å². The third-order valence-corrected chi connectivity index (χ3v) is 2.11. The van der Waals surface area contributed by atoms with Gasteiger partial charge in [0.05, 0.1) is 7.11 Å². The summed E-state index contributed by atoms with van der Waals surface area (Å²) in [7, 11) is 1.16. The van der Waals surface area contributed by atoms with Crippen LogP contribution in [0.15, 0.2) is 24.3 Å². The van der Waals surface area contributed by atoms with E-state index in [0.29, 0.717) is 11.1 Å². The first-order valence-electron chi connectivity index (χ1n) is 4.67. The number of carbonyl (C=O) groups excluding carboxylic acids is 1. The van der Waals surface area contributed by atoms with Gasteiger partial charge in [-0.1, -0.05) is 24.3 Å². The van der Waals surface area contributed by atoms with Gasteiger partial charge in [-0.2, -0.15) is 0 Å². The van der Waals surface area contributed by atoms with E-state index in [9.17, 15) is 18.7 Å². The zero-order chi connectivity index (χ0) is 12.1. The molecule has 0 aliphatic carbocycles. The molecule has 1 atom stereocenters. The molecule has 0 amide bonds. The lowest BCUT2D eigenvalue weighted by molar-refractivity contribution is -0.150. The molecule has 0 saturated heterocycles. The van der Waals surface area contributed by atoms with E-state index in [1.165, 1.54) is 24.3 Å². The Balaban J connectivity index is 2.74. The third-order valence-electron chi connectivity index (χ3n) is 2.11. The Hall–Kier alpha value is -1.49. The maximum atomic E-state index is 12.0. The lowest BCUT2D eigenvalue weighted by Gasteiger charge is -2.09. The summed E-state index contributed by atoms with van der Waals surface area (Å²) < 4.78 is 28.4. The van der Waals surface area contributed by atoms with Crippen LogP contribution in [0.25, 0.3) is 0 Å². The fourth-order valence-corrected chi connectivity index (χ4v) is 1.26. The molecule has 0 fully saturated rings. The summed E-state index contributed by atoms with van der Waals surface area (Å²) in [5, 5.41) is 9.44. The Morgan fingerprint density at radius 1 is 1.38 bits per heavy atom. The first-order chi connectivity index (χ1) is 7.54. The standard InChI is InChI=1S/C11H12F2O3/c1-16-11(15)10(14)8-4-2-7(3-5-8)6-9(12)13/h2-5,9-10,14H,6H2,1H3. The Morgan fingerprint density at radius 3 is 2.38 bits per heavy atom. The van der Waals surface area contributed by atoms with Crippen LogP contribution in [0, 0.1) is 0 Å². The molecule has 5 heteroatoms. The highest BCUT2D eigenvalue weighted by molar-refractivity contribution is 5.76. The van der Waals surface area contributed by atoms with Crippen molar-refractivity contribution in [2.45, 2.75) is 19.0 Å². The zero-order valence-corrected chi connectivity index (χ0v) is 8.69. The van der Waals surface area contributed by atoms with Gasteiger partial charge in [-0.25, -0.2) is 13.6 Å². The third kappa shape index (κ3) is 3.27. The molecule has 0 saturated carbocycles. The van der Waals surface area contributed by atoms with Gasteiger partial charge in [0.2, 0.25) is 6.43 Å². The number of aliphatic hydroxyl groups is 1. The van der Waals surface area contributed by atoms with E-state index >= 15 is 0 Å². The number of benzene rings is 1. The zero-order valence-electron chi connectivity index (χ0n) is 8.69. The lowest BCUT2D eigenvalue weighted by Crippen LogP contribution is -2.13. The molecule has 88 valence electrons. The van der Waals surface area contributed by atoms with Gasteiger partial charge in [0.1, 0.15) is 0 Å². The Bertz CT molecular complexity index is 349. The van der Waals surface area contributed by atoms with Gasteiger partial charge in [0.25, 0.3) is 0 Å². The average Bonchev–Trinajstić information content (AvgIpc) is 2.27. The summed E-state index contributed by atoms with van der Waals surface area (Å²) in [5.41, 5.74) is 0.778. The van der Waals surface area contributed by atoms with Gasteiger partial charge < -0.3 is 9.84 Å². The van der Waals surface area contributed by atoms with E-state index in [0.717, 1.165) is 7.11 Å². The molecule has 0 aliphatic heterocycles. The number of halogens is 2. The number of esters is 1. The fraction of sp³-hybridized carbons (Fsp3) is 0.364. The highest BCUT2D eigenvalue weighted by Gasteiger charge is 2.17. The molecule has 0 aromatic heterocycles. The normalized spacial score (nSPS) is 12.6. The summed E-state index contributed by atoms with van der Waals surface area (Å²) >= 11 is 0. The van der Waals surface area contributed by atoms with Crippen LogP contribution >= 0.6 is 0 Å². The van der Waals surface area contributed by atoms with E-state index < -0.39 is 18.5 Å². The van der Waals surface area contributed by atoms with E-state index in [4.69, 9.17) is 0 Å². The van der Waals surface area contributed by atoms with Crippen LogP contribution in [-0.4, -0.2) is 24.6 Å². The Morgan fingerprint density at radius 2 is 1.94 bits per heavy atom. The molecule has 0 heterocycles. The minimum atomic E-state index is -2.41. The number of hydrogen-bond acceptors (Lipinski definition) is 3. The molecular weight excluding hydrogens is 218 g/mol. The van der Waals surface area contributed by atoms with Crippen LogP contribution in [0.3, 0.4) is 0 Å². The number of ether oxygens (including phenoxy) is 1. The van der Waals surface area contributed by atoms with Crippen molar-refractivity contribution >= 4 is 5.97 Å². The monoisotopic (exact) mass is 230 g/mol. The molecule has 16 heavy (non-hydrogen) atoms. The van der Waals surface area contributed by atoms with Gasteiger partial charge in [-0.15, -0.1) is 0 Å². The second-order valence-electron chi connectivity index (χ2n) is 3.26. The number of rotatable bonds is 4. The van der Waals surface area contributed by atoms with Crippen molar-refractivity contribution in [2.75, 3.05) is 7.11 Å². The summed E-state index contributed by atoms with van der Waals surface area (Å²) in [6, 6.07) is 5.76. The van der Waals surface area contributed by atoms with Crippen molar-refractivity contribution < 1.29 is 23.4 Å². The minimum Gasteiger partial charge on any atom is -0.467 e. The molecular formula is C11H12F2O3. The van der Waals surface area contributed by atoms with E-state index in [1.807, 2.05) is 0 Å². The quantitative estimate of drug-likeness (QED) is 0.801. The smallest absolute Gasteiger partial charge is 0.339 e. The first-order valence-corrected chi connectivity index (χ1v) is 4.67. The molecule has 1 aromatic rings. The molecule has 0 spiro atoms. The molecule has 1 rings (SSSR count). The Labute approximate surface area is 91.7 Å². The van der Waals surface area contributed by atoms with Crippen LogP contribution in [0.4, 0.5) is 8.78 Å². The molecule has 1 N–H and O–H groups in total. The van der Waals surface area contributed by atoms with Crippen molar-refractivity contribution in [2.24, 2.45) is 0 Å². The first kappa shape index (κ1) is 12.6. The number of aliphatic hydroxyl groups excluding tert-OH is 1. The molecule has 1 unspecified atom stereocenters. The average molecular weight is 230 g/mol. The van der Waals surface area contributed by atoms with E-state index in [-0.39, 0.29) is 6.42 Å². The van der Waals surface area contributed by atoms with Crippen molar-refractivity contribution in [3.63, 3.8) is 0 Å². The van der Waals surface area contributed by atoms with Crippen LogP contribution < -0.4 is 0 Å². The van der Waals surface area contributed by atoms with Crippen molar-refractivity contribution in [1.82, 2.24) is 0 Å². The summed E-state index contributed by atoms with van der Waals surface area (Å²) in [6.45, 7) is 0. The SMILES string of the molecule is COC(=O)C(O)c1ccc(CC(F)F)cc1. The van der Waals surface area contributed by atoms with Crippen LogP contribution in [0.2, 0.25) is 0 Å². The molecule has 0 radical (unpaired) electrons. The second kappa shape index (κ2) is 5.55. The van der Waals surface area contributed by atoms with Crippen LogP contribution in [0.5, 0.6) is 0 Å². The number of carbonyl (C=O) groups is 1. The maximum absolute atomic E-state index is 12.0. The number of alkyl halides is 2. The predicted octanol–water partition coefficient (Wildman–Crippen LogP) is 1.70. The van der Waals surface area contributed by atoms with Crippen LogP contribution in [0.1, 0.15) is 17.2 Å². The molecule has 1 aromatic carbocycles. The topological polar surface area (TPSA) is 46.5 Å². The maximum Gasteiger partial charge on any atom is 0.339 e. The second-order valence-corrected chi connectivity index (χ2v) is 3.26. The van der Waals surface area contributed by atoms with Gasteiger partial charge >= 0.3 is 5.97 Å². The summed E-state index contributed by atoms with van der Waals surface area (Å²) in [6.07, 6.45) is -4.11. The van der Waals surface area contributed by atoms with Gasteiger partial charge in [0, 0.05) is 6.42 Å². The molecule has 3 nitrogen and oxygen atoms in total. The van der Waals surface area contributed by atoms with Gasteiger partial charge in [0.15, 0.2) is 6.10 Å². The minimum absolute atomic E-state index is 0.324. The Kier molecular flexibility index (Phi) is 4.37. The molecule has 0 bridgehead atoms. The highest BCUT2D eigenvalue weighted by atomic mass is 19.3. The van der Waals surface area contributed by atoms with Crippen molar-refractivity contribution in [1.29, 1.82) is 0 Å². The fourth-order valence-electron chi connectivity index (χ4n) is 1.26. The van der Waals surface area contributed by atoms with E-state index in [1.54, 1.807) is 0 Å². The number of methoxy groups -OCH3 is 1. The van der Waals surface area contributed by atoms with Crippen molar-refractivity contribution in [3.05, 3.63) is 35.4 Å². The summed E-state index contributed by atoms with van der Waals surface area (Å²) in [4.78, 5) is 11.0. The van der Waals surface area contributed by atoms with Gasteiger partial charge in [-0.3, -0.25) is 0 Å². The van der Waals surface area contributed by atoms with Gasteiger partial charge in [-0.05, 0) is 11.1 Å². The largest absolute Gasteiger partial charge is 0.467 e. The highest BCUT2D eigenvalue weighted by Crippen LogP contribution is 2.16. The lowest BCUT2D eigenvalue weighted by atomic mass is 10.1. The van der Waals surface area contributed by atoms with E-state index in [2.05, 4.69) is 4.74 Å². The summed E-state index contributed by atoms with van der Waals surface area (Å²) in [5.74, 6) is -0.776. The molecule has 0 aliphatic rings. The predicted molar refractivity (Wildman–Crippen MR) is 53.1 cm³/mol. The van der Waals surface area contributed by atoms with Crippen molar-refractivity contribution in [3.8, 4) is 0 Å². The number of hydrogen-bond donors (Lipinski definition) is 1.